The second-order valence-electron chi connectivity index (χ2n) is 4.78. The van der Waals surface area contributed by atoms with Crippen molar-refractivity contribution in [3.63, 3.8) is 0 Å². The van der Waals surface area contributed by atoms with Gasteiger partial charge in [-0.25, -0.2) is 0 Å². The number of anilines is 1. The minimum Gasteiger partial charge on any atom is -0.497 e. The number of nitrogens with zero attached hydrogens (tertiary/aromatic N) is 1. The number of carbonyl (C=O) groups is 1. The van der Waals surface area contributed by atoms with E-state index in [9.17, 15) is 14.9 Å². The maximum absolute atomic E-state index is 12.3. The van der Waals surface area contributed by atoms with Gasteiger partial charge in [0.05, 0.1) is 24.8 Å². The third-order valence-electron chi connectivity index (χ3n) is 3.31. The Kier molecular flexibility index (Phi) is 4.80. The van der Waals surface area contributed by atoms with Crippen molar-refractivity contribution in [1.29, 1.82) is 0 Å². The van der Waals surface area contributed by atoms with Gasteiger partial charge < -0.3 is 14.8 Å². The van der Waals surface area contributed by atoms with Crippen LogP contribution in [0.3, 0.4) is 0 Å². The number of rotatable bonds is 5. The Morgan fingerprint density at radius 3 is 2.43 bits per heavy atom. The molecular weight excluding hydrogens is 300 g/mol. The summed E-state index contributed by atoms with van der Waals surface area (Å²) in [6, 6.07) is 9.22. The average molecular weight is 316 g/mol. The van der Waals surface area contributed by atoms with Crippen LogP contribution in [0, 0.1) is 17.0 Å². The van der Waals surface area contributed by atoms with Gasteiger partial charge in [-0.15, -0.1) is 0 Å². The summed E-state index contributed by atoms with van der Waals surface area (Å²) < 4.78 is 10.3. The van der Waals surface area contributed by atoms with Crippen molar-refractivity contribution >= 4 is 17.3 Å². The molecule has 7 nitrogen and oxygen atoms in total. The number of nitrogens with one attached hydrogen (secondary N) is 1. The van der Waals surface area contributed by atoms with E-state index in [0.717, 1.165) is 0 Å². The summed E-state index contributed by atoms with van der Waals surface area (Å²) >= 11 is 0. The van der Waals surface area contributed by atoms with Crippen LogP contribution in [0.25, 0.3) is 0 Å². The smallest absolute Gasteiger partial charge is 0.272 e. The molecule has 0 spiro atoms. The van der Waals surface area contributed by atoms with Gasteiger partial charge in [0.2, 0.25) is 0 Å². The lowest BCUT2D eigenvalue weighted by Gasteiger charge is -2.12. The Hall–Kier alpha value is -3.09. The van der Waals surface area contributed by atoms with Crippen LogP contribution in [0.4, 0.5) is 11.4 Å². The molecule has 0 fully saturated rings. The molecule has 0 aliphatic carbocycles. The Labute approximate surface area is 133 Å². The fourth-order valence-electron chi connectivity index (χ4n) is 2.11. The lowest BCUT2D eigenvalue weighted by molar-refractivity contribution is -0.385. The lowest BCUT2D eigenvalue weighted by atomic mass is 10.1. The number of methoxy groups -OCH3 is 2. The number of aryl methyl sites for hydroxylation is 1. The summed E-state index contributed by atoms with van der Waals surface area (Å²) in [7, 11) is 3.01. The first kappa shape index (κ1) is 16.3. The first-order chi connectivity index (χ1) is 11.0. The summed E-state index contributed by atoms with van der Waals surface area (Å²) in [4.78, 5) is 22.7. The largest absolute Gasteiger partial charge is 0.497 e. The quantitative estimate of drug-likeness (QED) is 0.676. The van der Waals surface area contributed by atoms with E-state index in [-0.39, 0.29) is 5.69 Å². The minimum absolute atomic E-state index is 0.0273. The topological polar surface area (TPSA) is 90.7 Å². The molecule has 0 heterocycles. The minimum atomic E-state index is -0.484. The van der Waals surface area contributed by atoms with Gasteiger partial charge in [-0.3, -0.25) is 14.9 Å². The summed E-state index contributed by atoms with van der Waals surface area (Å²) in [5.74, 6) is 0.660. The second-order valence-corrected chi connectivity index (χ2v) is 4.78. The van der Waals surface area contributed by atoms with Gasteiger partial charge in [0.25, 0.3) is 11.6 Å². The molecule has 0 aliphatic heterocycles. The third kappa shape index (κ3) is 3.57. The zero-order valence-electron chi connectivity index (χ0n) is 13.0. The standard InChI is InChI=1S/C16H16N2O5/c1-10-8-11(4-6-14(10)18(20)21)16(19)17-13-9-12(22-2)5-7-15(13)23-3/h4-9H,1-3H3,(H,17,19). The molecule has 0 radical (unpaired) electrons. The van der Waals surface area contributed by atoms with Crippen LogP contribution in [0.5, 0.6) is 11.5 Å². The molecule has 0 saturated heterocycles. The number of benzene rings is 2. The van der Waals surface area contributed by atoms with Crippen molar-refractivity contribution in [2.75, 3.05) is 19.5 Å². The first-order valence-corrected chi connectivity index (χ1v) is 6.74. The summed E-state index contributed by atoms with van der Waals surface area (Å²) in [6.45, 7) is 1.58. The molecule has 1 amide bonds. The molecular formula is C16H16N2O5. The number of ether oxygens (including phenoxy) is 2. The van der Waals surface area contributed by atoms with E-state index < -0.39 is 10.8 Å². The average Bonchev–Trinajstić information content (AvgIpc) is 2.54. The van der Waals surface area contributed by atoms with Crippen LogP contribution in [0.1, 0.15) is 15.9 Å². The number of amides is 1. The van der Waals surface area contributed by atoms with Crippen molar-refractivity contribution in [2.24, 2.45) is 0 Å². The van der Waals surface area contributed by atoms with Crippen LogP contribution in [-0.4, -0.2) is 25.1 Å². The maximum Gasteiger partial charge on any atom is 0.272 e. The molecule has 2 aromatic rings. The molecule has 0 aliphatic rings. The zero-order chi connectivity index (χ0) is 17.0. The van der Waals surface area contributed by atoms with E-state index >= 15 is 0 Å². The lowest BCUT2D eigenvalue weighted by Crippen LogP contribution is -2.13. The molecule has 0 bridgehead atoms. The van der Waals surface area contributed by atoms with E-state index in [1.165, 1.54) is 32.4 Å². The highest BCUT2D eigenvalue weighted by molar-refractivity contribution is 6.05. The molecule has 2 aromatic carbocycles. The van der Waals surface area contributed by atoms with Crippen LogP contribution in [0.15, 0.2) is 36.4 Å². The Bertz CT molecular complexity index is 758. The van der Waals surface area contributed by atoms with Gasteiger partial charge in [-0.2, -0.15) is 0 Å². The normalized spacial score (nSPS) is 10.0. The predicted molar refractivity (Wildman–Crippen MR) is 85.3 cm³/mol. The number of hydrogen-bond donors (Lipinski definition) is 1. The molecule has 0 atom stereocenters. The number of carbonyl (C=O) groups excluding carboxylic acids is 1. The van der Waals surface area contributed by atoms with E-state index in [0.29, 0.717) is 28.3 Å². The van der Waals surface area contributed by atoms with Crippen LogP contribution >= 0.6 is 0 Å². The van der Waals surface area contributed by atoms with E-state index in [4.69, 9.17) is 9.47 Å². The fraction of sp³-hybridized carbons (Fsp3) is 0.188. The summed E-state index contributed by atoms with van der Waals surface area (Å²) in [6.07, 6.45) is 0. The van der Waals surface area contributed by atoms with Crippen molar-refractivity contribution in [3.05, 3.63) is 57.6 Å². The van der Waals surface area contributed by atoms with Gasteiger partial charge in [0.1, 0.15) is 11.5 Å². The molecule has 23 heavy (non-hydrogen) atoms. The monoisotopic (exact) mass is 316 g/mol. The second kappa shape index (κ2) is 6.78. The maximum atomic E-state index is 12.3. The van der Waals surface area contributed by atoms with Crippen LogP contribution in [0.2, 0.25) is 0 Å². The molecule has 1 N–H and O–H groups in total. The van der Waals surface area contributed by atoms with Gasteiger partial charge in [-0.05, 0) is 31.2 Å². The van der Waals surface area contributed by atoms with Crippen molar-refractivity contribution in [3.8, 4) is 11.5 Å². The van der Waals surface area contributed by atoms with Crippen LogP contribution in [-0.2, 0) is 0 Å². The van der Waals surface area contributed by atoms with E-state index in [1.54, 1.807) is 25.1 Å². The van der Waals surface area contributed by atoms with Gasteiger partial charge in [-0.1, -0.05) is 0 Å². The van der Waals surface area contributed by atoms with E-state index in [2.05, 4.69) is 5.32 Å². The van der Waals surface area contributed by atoms with Crippen molar-refractivity contribution in [1.82, 2.24) is 0 Å². The highest BCUT2D eigenvalue weighted by Gasteiger charge is 2.15. The highest BCUT2D eigenvalue weighted by atomic mass is 16.6. The Morgan fingerprint density at radius 2 is 1.87 bits per heavy atom. The summed E-state index contributed by atoms with van der Waals surface area (Å²) in [5, 5.41) is 13.5. The Balaban J connectivity index is 2.29. The third-order valence-corrected chi connectivity index (χ3v) is 3.31. The molecule has 0 unspecified atom stereocenters. The fourth-order valence-corrected chi connectivity index (χ4v) is 2.11. The van der Waals surface area contributed by atoms with Crippen LogP contribution < -0.4 is 14.8 Å². The van der Waals surface area contributed by atoms with E-state index in [1.807, 2.05) is 0 Å². The number of nitro benzene ring substituents is 1. The number of hydrogen-bond acceptors (Lipinski definition) is 5. The SMILES string of the molecule is COc1ccc(OC)c(NC(=O)c2ccc([N+](=O)[O-])c(C)c2)c1. The molecule has 2 rings (SSSR count). The number of nitro groups is 1. The van der Waals surface area contributed by atoms with Crippen molar-refractivity contribution < 1.29 is 19.2 Å². The van der Waals surface area contributed by atoms with Gasteiger partial charge in [0.15, 0.2) is 0 Å². The van der Waals surface area contributed by atoms with Gasteiger partial charge in [0, 0.05) is 23.3 Å². The predicted octanol–water partition coefficient (Wildman–Crippen LogP) is 3.17. The Morgan fingerprint density at radius 1 is 1.13 bits per heavy atom. The molecule has 0 saturated carbocycles. The zero-order valence-corrected chi connectivity index (χ0v) is 13.0. The molecule has 7 heteroatoms. The molecule has 120 valence electrons. The first-order valence-electron chi connectivity index (χ1n) is 6.74. The summed E-state index contributed by atoms with van der Waals surface area (Å²) in [5.41, 5.74) is 1.16. The van der Waals surface area contributed by atoms with Crippen molar-refractivity contribution in [2.45, 2.75) is 6.92 Å². The molecule has 0 aromatic heterocycles. The van der Waals surface area contributed by atoms with Gasteiger partial charge >= 0.3 is 0 Å². The highest BCUT2D eigenvalue weighted by Crippen LogP contribution is 2.29.